The van der Waals surface area contributed by atoms with Gasteiger partial charge in [0, 0.05) is 24.3 Å². The van der Waals surface area contributed by atoms with Gasteiger partial charge in [-0.2, -0.15) is 5.26 Å². The van der Waals surface area contributed by atoms with Crippen LogP contribution in [0.25, 0.3) is 0 Å². The Hall–Kier alpha value is -2.15. The van der Waals surface area contributed by atoms with Gasteiger partial charge < -0.3 is 4.98 Å². The zero-order valence-corrected chi connectivity index (χ0v) is 7.38. The van der Waals surface area contributed by atoms with Crippen molar-refractivity contribution in [3.8, 4) is 6.07 Å². The highest BCUT2D eigenvalue weighted by atomic mass is 14.9. The Morgan fingerprint density at radius 3 is 2.64 bits per heavy atom. The standard InChI is InChI=1S/C10H8N4/c11-7-8(9-3-1-4-12-9)10-13-5-2-6-14-10/h1-6,8,12H. The van der Waals surface area contributed by atoms with E-state index in [1.807, 2.05) is 12.1 Å². The molecule has 0 saturated carbocycles. The topological polar surface area (TPSA) is 65.4 Å². The molecular weight excluding hydrogens is 176 g/mol. The minimum absolute atomic E-state index is 0.411. The number of hydrogen-bond donors (Lipinski definition) is 1. The highest BCUT2D eigenvalue weighted by molar-refractivity contribution is 5.25. The van der Waals surface area contributed by atoms with Crippen LogP contribution in [0.5, 0.6) is 0 Å². The fourth-order valence-corrected chi connectivity index (χ4v) is 1.25. The molecule has 0 spiro atoms. The van der Waals surface area contributed by atoms with Gasteiger partial charge in [-0.25, -0.2) is 9.97 Å². The number of hydrogen-bond acceptors (Lipinski definition) is 3. The number of nitrogens with one attached hydrogen (secondary N) is 1. The maximum absolute atomic E-state index is 9.00. The second-order valence-electron chi connectivity index (χ2n) is 2.79. The van der Waals surface area contributed by atoms with Crippen molar-refractivity contribution in [3.63, 3.8) is 0 Å². The van der Waals surface area contributed by atoms with Crippen molar-refractivity contribution in [2.45, 2.75) is 5.92 Å². The van der Waals surface area contributed by atoms with Gasteiger partial charge in [0.2, 0.25) is 0 Å². The van der Waals surface area contributed by atoms with Crippen LogP contribution < -0.4 is 0 Å². The van der Waals surface area contributed by atoms with Crippen molar-refractivity contribution in [2.24, 2.45) is 0 Å². The van der Waals surface area contributed by atoms with Gasteiger partial charge in [-0.15, -0.1) is 0 Å². The molecule has 0 aliphatic carbocycles. The van der Waals surface area contributed by atoms with E-state index < -0.39 is 5.92 Å². The molecule has 0 aromatic carbocycles. The summed E-state index contributed by atoms with van der Waals surface area (Å²) in [5, 5.41) is 9.00. The molecule has 1 atom stereocenters. The molecule has 4 nitrogen and oxygen atoms in total. The minimum Gasteiger partial charge on any atom is -0.364 e. The molecule has 0 radical (unpaired) electrons. The van der Waals surface area contributed by atoms with Crippen LogP contribution in [0.1, 0.15) is 17.4 Å². The summed E-state index contributed by atoms with van der Waals surface area (Å²) in [6.07, 6.45) is 5.05. The molecule has 0 amide bonds. The van der Waals surface area contributed by atoms with Gasteiger partial charge in [-0.1, -0.05) is 0 Å². The third kappa shape index (κ3) is 1.48. The SMILES string of the molecule is N#CC(c1ncccn1)c1ccc[nH]1. The summed E-state index contributed by atoms with van der Waals surface area (Å²) in [6.45, 7) is 0. The first-order valence-electron chi connectivity index (χ1n) is 4.21. The van der Waals surface area contributed by atoms with E-state index in [2.05, 4.69) is 21.0 Å². The Kier molecular flexibility index (Phi) is 2.24. The number of nitriles is 1. The summed E-state index contributed by atoms with van der Waals surface area (Å²) in [5.41, 5.74) is 0.818. The lowest BCUT2D eigenvalue weighted by Gasteiger charge is -2.03. The van der Waals surface area contributed by atoms with Gasteiger partial charge in [0.1, 0.15) is 5.92 Å². The Balaban J connectivity index is 2.38. The number of aromatic nitrogens is 3. The third-order valence-corrected chi connectivity index (χ3v) is 1.91. The van der Waals surface area contributed by atoms with E-state index in [0.29, 0.717) is 5.82 Å². The summed E-state index contributed by atoms with van der Waals surface area (Å²) in [5.74, 6) is 0.114. The van der Waals surface area contributed by atoms with Crippen LogP contribution in [0.3, 0.4) is 0 Å². The number of H-pyrrole nitrogens is 1. The Morgan fingerprint density at radius 1 is 1.29 bits per heavy atom. The molecule has 0 aliphatic rings. The van der Waals surface area contributed by atoms with Crippen molar-refractivity contribution in [2.75, 3.05) is 0 Å². The molecule has 1 N–H and O–H groups in total. The van der Waals surface area contributed by atoms with Crippen molar-refractivity contribution in [1.29, 1.82) is 5.26 Å². The smallest absolute Gasteiger partial charge is 0.151 e. The largest absolute Gasteiger partial charge is 0.364 e. The molecular formula is C10H8N4. The first-order valence-corrected chi connectivity index (χ1v) is 4.21. The molecule has 0 saturated heterocycles. The second-order valence-corrected chi connectivity index (χ2v) is 2.79. The first kappa shape index (κ1) is 8.45. The van der Waals surface area contributed by atoms with E-state index in [1.54, 1.807) is 24.7 Å². The molecule has 1 unspecified atom stereocenters. The fraction of sp³-hybridized carbons (Fsp3) is 0.100. The van der Waals surface area contributed by atoms with Gasteiger partial charge >= 0.3 is 0 Å². The van der Waals surface area contributed by atoms with E-state index in [1.165, 1.54) is 0 Å². The molecule has 2 rings (SSSR count). The van der Waals surface area contributed by atoms with E-state index in [0.717, 1.165) is 5.69 Å². The lowest BCUT2D eigenvalue weighted by atomic mass is 10.1. The second kappa shape index (κ2) is 3.71. The van der Waals surface area contributed by atoms with Gasteiger partial charge in [-0.05, 0) is 18.2 Å². The summed E-state index contributed by atoms with van der Waals surface area (Å²) >= 11 is 0. The van der Waals surface area contributed by atoms with Crippen molar-refractivity contribution >= 4 is 0 Å². The summed E-state index contributed by atoms with van der Waals surface area (Å²) in [4.78, 5) is 11.1. The Labute approximate surface area is 81.3 Å². The predicted molar refractivity (Wildman–Crippen MR) is 50.3 cm³/mol. The average Bonchev–Trinajstić information content (AvgIpc) is 2.74. The van der Waals surface area contributed by atoms with Crippen LogP contribution in [0, 0.1) is 11.3 Å². The van der Waals surface area contributed by atoms with Crippen molar-refractivity contribution in [1.82, 2.24) is 15.0 Å². The zero-order valence-electron chi connectivity index (χ0n) is 7.38. The molecule has 2 aromatic heterocycles. The Morgan fingerprint density at radius 2 is 2.07 bits per heavy atom. The molecule has 0 bridgehead atoms. The summed E-state index contributed by atoms with van der Waals surface area (Å²) in [7, 11) is 0. The van der Waals surface area contributed by atoms with Crippen LogP contribution in [-0.4, -0.2) is 15.0 Å². The van der Waals surface area contributed by atoms with Crippen LogP contribution in [0.15, 0.2) is 36.8 Å². The predicted octanol–water partition coefficient (Wildman–Crippen LogP) is 1.46. The summed E-state index contributed by atoms with van der Waals surface area (Å²) < 4.78 is 0. The molecule has 0 fully saturated rings. The summed E-state index contributed by atoms with van der Waals surface area (Å²) in [6, 6.07) is 7.59. The minimum atomic E-state index is -0.411. The van der Waals surface area contributed by atoms with E-state index in [9.17, 15) is 0 Å². The highest BCUT2D eigenvalue weighted by Crippen LogP contribution is 2.17. The van der Waals surface area contributed by atoms with Crippen molar-refractivity contribution in [3.05, 3.63) is 48.3 Å². The fourth-order valence-electron chi connectivity index (χ4n) is 1.25. The molecule has 68 valence electrons. The average molecular weight is 184 g/mol. The lowest BCUT2D eigenvalue weighted by molar-refractivity contribution is 0.866. The number of aromatic amines is 1. The van der Waals surface area contributed by atoms with E-state index in [-0.39, 0.29) is 0 Å². The molecule has 14 heavy (non-hydrogen) atoms. The number of rotatable bonds is 2. The highest BCUT2D eigenvalue weighted by Gasteiger charge is 2.15. The molecule has 4 heteroatoms. The monoisotopic (exact) mass is 184 g/mol. The van der Waals surface area contributed by atoms with Crippen LogP contribution >= 0.6 is 0 Å². The zero-order chi connectivity index (χ0) is 9.80. The normalized spacial score (nSPS) is 11.9. The van der Waals surface area contributed by atoms with Gasteiger partial charge in [0.15, 0.2) is 5.82 Å². The quantitative estimate of drug-likeness (QED) is 0.768. The Bertz CT molecular complexity index is 427. The van der Waals surface area contributed by atoms with E-state index >= 15 is 0 Å². The van der Waals surface area contributed by atoms with Gasteiger partial charge in [-0.3, -0.25) is 0 Å². The van der Waals surface area contributed by atoms with Crippen LogP contribution in [0.4, 0.5) is 0 Å². The first-order chi connectivity index (χ1) is 6.92. The molecule has 2 heterocycles. The van der Waals surface area contributed by atoms with Gasteiger partial charge in [0.25, 0.3) is 0 Å². The molecule has 0 aliphatic heterocycles. The van der Waals surface area contributed by atoms with E-state index in [4.69, 9.17) is 5.26 Å². The van der Waals surface area contributed by atoms with Crippen LogP contribution in [-0.2, 0) is 0 Å². The van der Waals surface area contributed by atoms with Gasteiger partial charge in [0.05, 0.1) is 6.07 Å². The van der Waals surface area contributed by atoms with Crippen LogP contribution in [0.2, 0.25) is 0 Å². The third-order valence-electron chi connectivity index (χ3n) is 1.91. The number of nitrogens with zero attached hydrogens (tertiary/aromatic N) is 3. The maximum Gasteiger partial charge on any atom is 0.151 e. The lowest BCUT2D eigenvalue weighted by Crippen LogP contribution is -2.03. The maximum atomic E-state index is 9.00. The van der Waals surface area contributed by atoms with Crippen molar-refractivity contribution < 1.29 is 0 Å². The molecule has 2 aromatic rings.